The third-order valence-corrected chi connectivity index (χ3v) is 3.98. The van der Waals surface area contributed by atoms with Crippen LogP contribution in [0, 0.1) is 0 Å². The molecule has 0 aliphatic rings. The molecule has 0 fully saturated rings. The molecule has 0 radical (unpaired) electrons. The van der Waals surface area contributed by atoms with Crippen molar-refractivity contribution >= 4 is 18.2 Å². The molecule has 31 heavy (non-hydrogen) atoms. The molecule has 0 saturated heterocycles. The fourth-order valence-corrected chi connectivity index (χ4v) is 2.34. The Bertz CT molecular complexity index is 882. The molecular weight excluding hydrogens is 384 g/mol. The number of aromatic hydroxyl groups is 1. The Morgan fingerprint density at radius 2 is 1.19 bits per heavy atom. The minimum atomic E-state index is -0.199. The smallest absolute Gasteiger partial charge is 0.196 e. The van der Waals surface area contributed by atoms with Gasteiger partial charge in [0, 0.05) is 6.61 Å². The molecule has 0 spiro atoms. The van der Waals surface area contributed by atoms with Crippen molar-refractivity contribution in [2.24, 2.45) is 0 Å². The third kappa shape index (κ3) is 11.3. The van der Waals surface area contributed by atoms with Crippen molar-refractivity contribution in [3.8, 4) is 11.5 Å². The van der Waals surface area contributed by atoms with Crippen molar-refractivity contribution in [1.29, 1.82) is 0 Å². The Hall–Kier alpha value is -3.56. The van der Waals surface area contributed by atoms with Gasteiger partial charge < -0.3 is 14.6 Å². The van der Waals surface area contributed by atoms with Crippen LogP contribution in [0.1, 0.15) is 30.5 Å². The van der Waals surface area contributed by atoms with Crippen LogP contribution in [0.3, 0.4) is 0 Å². The predicted molar refractivity (Wildman–Crippen MR) is 133 cm³/mol. The number of benzene rings is 3. The zero-order valence-corrected chi connectivity index (χ0v) is 18.4. The summed E-state index contributed by atoms with van der Waals surface area (Å²) in [6.45, 7) is 15.4. The molecule has 3 nitrogen and oxygen atoms in total. The SMILES string of the molecule is C=Cc1ccc(O)cc1.C=Cc1ccc(OC(C)OCC)cc1.C=Cc1ccccc1. The van der Waals surface area contributed by atoms with Crippen LogP contribution in [0.15, 0.2) is 98.6 Å². The zero-order valence-electron chi connectivity index (χ0n) is 18.4. The van der Waals surface area contributed by atoms with Gasteiger partial charge in [-0.25, -0.2) is 0 Å². The molecule has 1 N–H and O–H groups in total. The summed E-state index contributed by atoms with van der Waals surface area (Å²) in [7, 11) is 0. The van der Waals surface area contributed by atoms with Crippen LogP contribution in [-0.4, -0.2) is 18.0 Å². The van der Waals surface area contributed by atoms with Gasteiger partial charge in [0.25, 0.3) is 0 Å². The van der Waals surface area contributed by atoms with Gasteiger partial charge in [0.05, 0.1) is 0 Å². The topological polar surface area (TPSA) is 38.7 Å². The highest BCUT2D eigenvalue weighted by molar-refractivity contribution is 5.48. The average molecular weight is 417 g/mol. The number of ether oxygens (including phenoxy) is 2. The highest BCUT2D eigenvalue weighted by Gasteiger charge is 2.01. The van der Waals surface area contributed by atoms with E-state index in [-0.39, 0.29) is 6.29 Å². The summed E-state index contributed by atoms with van der Waals surface area (Å²) < 4.78 is 10.8. The first kappa shape index (κ1) is 25.5. The average Bonchev–Trinajstić information content (AvgIpc) is 2.81. The maximum Gasteiger partial charge on any atom is 0.196 e. The monoisotopic (exact) mass is 416 g/mol. The summed E-state index contributed by atoms with van der Waals surface area (Å²) in [6.07, 6.45) is 5.17. The van der Waals surface area contributed by atoms with Gasteiger partial charge in [0.2, 0.25) is 0 Å². The van der Waals surface area contributed by atoms with Gasteiger partial charge in [0.1, 0.15) is 11.5 Å². The summed E-state index contributed by atoms with van der Waals surface area (Å²) in [4.78, 5) is 0. The van der Waals surface area contributed by atoms with Crippen molar-refractivity contribution in [2.45, 2.75) is 20.1 Å². The van der Waals surface area contributed by atoms with Gasteiger partial charge in [-0.3, -0.25) is 0 Å². The lowest BCUT2D eigenvalue weighted by atomic mass is 10.2. The quantitative estimate of drug-likeness (QED) is 0.406. The van der Waals surface area contributed by atoms with Gasteiger partial charge in [-0.05, 0) is 54.8 Å². The van der Waals surface area contributed by atoms with Crippen molar-refractivity contribution < 1.29 is 14.6 Å². The van der Waals surface area contributed by atoms with Crippen LogP contribution >= 0.6 is 0 Å². The highest BCUT2D eigenvalue weighted by atomic mass is 16.7. The van der Waals surface area contributed by atoms with E-state index in [9.17, 15) is 0 Å². The number of phenols is 1. The van der Waals surface area contributed by atoms with Gasteiger partial charge >= 0.3 is 0 Å². The maximum atomic E-state index is 8.82. The van der Waals surface area contributed by atoms with Gasteiger partial charge in [-0.2, -0.15) is 0 Å². The van der Waals surface area contributed by atoms with E-state index in [1.807, 2.05) is 86.7 Å². The molecule has 3 rings (SSSR count). The van der Waals surface area contributed by atoms with Crippen molar-refractivity contribution in [3.05, 3.63) is 115 Å². The van der Waals surface area contributed by atoms with Gasteiger partial charge in [0.15, 0.2) is 6.29 Å². The largest absolute Gasteiger partial charge is 0.508 e. The molecule has 162 valence electrons. The van der Waals surface area contributed by atoms with E-state index in [2.05, 4.69) is 19.7 Å². The molecule has 0 aliphatic carbocycles. The summed E-state index contributed by atoms with van der Waals surface area (Å²) in [5.41, 5.74) is 3.28. The summed E-state index contributed by atoms with van der Waals surface area (Å²) in [6, 6.07) is 24.7. The lowest BCUT2D eigenvalue weighted by molar-refractivity contribution is -0.0613. The fourth-order valence-electron chi connectivity index (χ4n) is 2.34. The van der Waals surface area contributed by atoms with E-state index >= 15 is 0 Å². The van der Waals surface area contributed by atoms with E-state index in [1.165, 1.54) is 5.56 Å². The summed E-state index contributed by atoms with van der Waals surface area (Å²) in [5.74, 6) is 1.11. The Morgan fingerprint density at radius 1 is 0.742 bits per heavy atom. The third-order valence-electron chi connectivity index (χ3n) is 3.98. The predicted octanol–water partition coefficient (Wildman–Crippen LogP) is 7.46. The standard InChI is InChI=1S/C12H16O2.C8H8O.C8H8/c1-4-11-6-8-12(9-7-11)14-10(3)13-5-2;1-2-7-3-5-8(9)6-4-7;1-2-8-6-4-3-5-7-8/h4,6-10H,1,5H2,2-3H3;2-6,9H,1H2;2-7H,1H2. The van der Waals surface area contributed by atoms with Crippen LogP contribution < -0.4 is 4.74 Å². The molecular formula is C28H32O3. The van der Waals surface area contributed by atoms with Gasteiger partial charge in [-0.1, -0.05) is 92.6 Å². The Labute approximate surface area is 186 Å². The Kier molecular flexibility index (Phi) is 12.6. The molecule has 1 unspecified atom stereocenters. The first-order chi connectivity index (χ1) is 15.0. The minimum absolute atomic E-state index is 0.199. The number of rotatable bonds is 7. The lowest BCUT2D eigenvalue weighted by Gasteiger charge is -2.14. The van der Waals surface area contributed by atoms with E-state index in [0.29, 0.717) is 12.4 Å². The number of phenolic OH excluding ortho intramolecular Hbond substituents is 1. The second-order valence-electron chi connectivity index (χ2n) is 6.32. The van der Waals surface area contributed by atoms with Crippen molar-refractivity contribution in [3.63, 3.8) is 0 Å². The molecule has 0 aromatic heterocycles. The van der Waals surface area contributed by atoms with Crippen LogP contribution in [0.4, 0.5) is 0 Å². The summed E-state index contributed by atoms with van der Waals surface area (Å²) in [5, 5.41) is 8.82. The molecule has 3 aromatic rings. The molecule has 0 bridgehead atoms. The van der Waals surface area contributed by atoms with Gasteiger partial charge in [-0.15, -0.1) is 0 Å². The first-order valence-corrected chi connectivity index (χ1v) is 10.1. The van der Waals surface area contributed by atoms with E-state index < -0.39 is 0 Å². The highest BCUT2D eigenvalue weighted by Crippen LogP contribution is 2.14. The molecule has 1 atom stereocenters. The zero-order chi connectivity index (χ0) is 22.9. The van der Waals surface area contributed by atoms with Crippen LogP contribution in [0.25, 0.3) is 18.2 Å². The molecule has 0 amide bonds. The van der Waals surface area contributed by atoms with Crippen molar-refractivity contribution in [1.82, 2.24) is 0 Å². The minimum Gasteiger partial charge on any atom is -0.508 e. The second-order valence-corrected chi connectivity index (χ2v) is 6.32. The molecule has 0 aliphatic heterocycles. The molecule has 3 heteroatoms. The maximum absolute atomic E-state index is 8.82. The van der Waals surface area contributed by atoms with Crippen molar-refractivity contribution in [2.75, 3.05) is 6.61 Å². The van der Waals surface area contributed by atoms with E-state index in [0.717, 1.165) is 16.9 Å². The number of hydrogen-bond acceptors (Lipinski definition) is 3. The van der Waals surface area contributed by atoms with E-state index in [4.69, 9.17) is 14.6 Å². The van der Waals surface area contributed by atoms with E-state index in [1.54, 1.807) is 24.3 Å². The fraction of sp³-hybridized carbons (Fsp3) is 0.143. The molecule has 0 heterocycles. The number of hydrogen-bond donors (Lipinski definition) is 1. The second kappa shape index (κ2) is 15.3. The first-order valence-electron chi connectivity index (χ1n) is 10.1. The van der Waals surface area contributed by atoms with Crippen LogP contribution in [-0.2, 0) is 4.74 Å². The Morgan fingerprint density at radius 3 is 1.61 bits per heavy atom. The molecule has 0 saturated carbocycles. The normalized spacial score (nSPS) is 10.3. The van der Waals surface area contributed by atoms with Crippen LogP contribution in [0.2, 0.25) is 0 Å². The summed E-state index contributed by atoms with van der Waals surface area (Å²) >= 11 is 0. The molecule has 3 aromatic carbocycles. The van der Waals surface area contributed by atoms with Crippen LogP contribution in [0.5, 0.6) is 11.5 Å². The lowest BCUT2D eigenvalue weighted by Crippen LogP contribution is -2.15. The Balaban J connectivity index is 0.000000245.